The monoisotopic (exact) mass is 540 g/mol. The molecule has 196 valence electrons. The summed E-state index contributed by atoms with van der Waals surface area (Å²) in [7, 11) is 0. The van der Waals surface area contributed by atoms with Crippen LogP contribution in [0.4, 0.5) is 13.6 Å². The lowest BCUT2D eigenvalue weighted by molar-refractivity contribution is -0.136. The molecule has 1 saturated carbocycles. The van der Waals surface area contributed by atoms with E-state index in [0.717, 1.165) is 5.56 Å². The number of alkyl carbamates (subject to hydrolysis) is 1. The zero-order valence-corrected chi connectivity index (χ0v) is 20.8. The highest BCUT2D eigenvalue weighted by molar-refractivity contribution is 7.16. The third-order valence-corrected chi connectivity index (χ3v) is 8.24. The lowest BCUT2D eigenvalue weighted by Crippen LogP contribution is -2.52. The van der Waals surface area contributed by atoms with Gasteiger partial charge in [0.15, 0.2) is 0 Å². The number of carbonyl (C=O) groups is 4. The van der Waals surface area contributed by atoms with Gasteiger partial charge < -0.3 is 15.0 Å². The van der Waals surface area contributed by atoms with Crippen molar-refractivity contribution in [3.05, 3.63) is 63.7 Å². The Morgan fingerprint density at radius 1 is 1.18 bits per heavy atom. The third kappa shape index (κ3) is 4.18. The number of nitrogens with one attached hydrogen (secondary N) is 2. The molecule has 2 aliphatic heterocycles. The van der Waals surface area contributed by atoms with Gasteiger partial charge in [-0.1, -0.05) is 18.2 Å². The number of amides is 4. The van der Waals surface area contributed by atoms with Gasteiger partial charge in [0.25, 0.3) is 5.91 Å². The topological polar surface area (TPSA) is 118 Å². The summed E-state index contributed by atoms with van der Waals surface area (Å²) in [5, 5.41) is 4.74. The summed E-state index contributed by atoms with van der Waals surface area (Å²) in [4.78, 5) is 54.4. The Labute approximate surface area is 219 Å². The maximum Gasteiger partial charge on any atom is 0.407 e. The Bertz CT molecular complexity index is 1500. The predicted octanol–water partition coefficient (Wildman–Crippen LogP) is 3.51. The second kappa shape index (κ2) is 9.43. The van der Waals surface area contributed by atoms with Crippen LogP contribution in [-0.4, -0.2) is 45.8 Å². The van der Waals surface area contributed by atoms with E-state index in [1.807, 2.05) is 0 Å². The van der Waals surface area contributed by atoms with Crippen LogP contribution in [0.25, 0.3) is 10.2 Å². The number of halogens is 2. The van der Waals surface area contributed by atoms with Gasteiger partial charge in [0.05, 0.1) is 21.3 Å². The molecule has 12 heteroatoms. The van der Waals surface area contributed by atoms with Crippen molar-refractivity contribution < 1.29 is 32.7 Å². The average molecular weight is 541 g/mol. The molecule has 1 atom stereocenters. The van der Waals surface area contributed by atoms with Crippen LogP contribution >= 0.6 is 11.3 Å². The number of ether oxygens (including phenoxy) is 1. The molecule has 3 aromatic rings. The molecule has 1 aromatic heterocycles. The van der Waals surface area contributed by atoms with Crippen LogP contribution in [0.3, 0.4) is 0 Å². The van der Waals surface area contributed by atoms with Crippen LogP contribution in [0.5, 0.6) is 0 Å². The lowest BCUT2D eigenvalue weighted by atomic mass is 9.77. The van der Waals surface area contributed by atoms with Gasteiger partial charge in [0, 0.05) is 25.1 Å². The number of nitrogens with zero attached hydrogens (tertiary/aromatic N) is 2. The number of imide groups is 1. The molecule has 1 aliphatic carbocycles. The number of rotatable bonds is 5. The van der Waals surface area contributed by atoms with Crippen LogP contribution in [0, 0.1) is 11.6 Å². The Morgan fingerprint density at radius 3 is 2.79 bits per heavy atom. The maximum absolute atomic E-state index is 15.3. The summed E-state index contributed by atoms with van der Waals surface area (Å²) in [5.74, 6) is -2.54. The SMILES string of the molecule is O=C1CC[C@@H](N2Cc3ccc(CNC(=O)OC4CC(c5ccc(F)c6scnc56)C4)c(F)c3C2=O)C(=O)N1. The number of carbonyl (C=O) groups excluding carboxylic acids is 4. The van der Waals surface area contributed by atoms with E-state index in [1.165, 1.54) is 28.4 Å². The van der Waals surface area contributed by atoms with E-state index in [1.54, 1.807) is 17.6 Å². The van der Waals surface area contributed by atoms with Gasteiger partial charge in [0.1, 0.15) is 23.8 Å². The molecule has 1 saturated heterocycles. The summed E-state index contributed by atoms with van der Waals surface area (Å²) in [6.07, 6.45) is 0.406. The van der Waals surface area contributed by atoms with E-state index < -0.39 is 35.7 Å². The molecule has 0 radical (unpaired) electrons. The number of piperidine rings is 1. The molecule has 2 fully saturated rings. The summed E-state index contributed by atoms with van der Waals surface area (Å²) in [6, 6.07) is 5.40. The van der Waals surface area contributed by atoms with Gasteiger partial charge in [-0.15, -0.1) is 11.3 Å². The Morgan fingerprint density at radius 2 is 2.00 bits per heavy atom. The van der Waals surface area contributed by atoms with Crippen molar-refractivity contribution in [1.29, 1.82) is 0 Å². The van der Waals surface area contributed by atoms with Gasteiger partial charge in [-0.25, -0.2) is 18.6 Å². The molecule has 3 heterocycles. The summed E-state index contributed by atoms with van der Waals surface area (Å²) < 4.78 is 35.1. The fourth-order valence-electron chi connectivity index (χ4n) is 5.33. The van der Waals surface area contributed by atoms with Crippen LogP contribution < -0.4 is 10.6 Å². The normalized spacial score (nSPS) is 22.7. The Kier molecular flexibility index (Phi) is 6.05. The Balaban J connectivity index is 1.04. The van der Waals surface area contributed by atoms with E-state index in [4.69, 9.17) is 4.74 Å². The number of hydrogen-bond donors (Lipinski definition) is 2. The summed E-state index contributed by atoms with van der Waals surface area (Å²) in [5.41, 5.74) is 3.61. The Hall–Kier alpha value is -3.93. The predicted molar refractivity (Wildman–Crippen MR) is 131 cm³/mol. The van der Waals surface area contributed by atoms with Gasteiger partial charge in [-0.05, 0) is 42.4 Å². The molecular weight excluding hydrogens is 518 g/mol. The molecule has 2 aromatic carbocycles. The summed E-state index contributed by atoms with van der Waals surface area (Å²) in [6.45, 7) is -0.117. The van der Waals surface area contributed by atoms with Gasteiger partial charge in [0.2, 0.25) is 11.8 Å². The van der Waals surface area contributed by atoms with Crippen molar-refractivity contribution in [2.75, 3.05) is 0 Å². The summed E-state index contributed by atoms with van der Waals surface area (Å²) >= 11 is 1.25. The van der Waals surface area contributed by atoms with Crippen LogP contribution in [0.1, 0.15) is 58.6 Å². The van der Waals surface area contributed by atoms with Gasteiger partial charge in [-0.3, -0.25) is 19.7 Å². The van der Waals surface area contributed by atoms with E-state index >= 15 is 4.39 Å². The van der Waals surface area contributed by atoms with Crippen LogP contribution in [0.15, 0.2) is 29.8 Å². The van der Waals surface area contributed by atoms with Crippen molar-refractivity contribution >= 4 is 45.4 Å². The fourth-order valence-corrected chi connectivity index (χ4v) is 6.06. The highest BCUT2D eigenvalue weighted by Crippen LogP contribution is 2.42. The van der Waals surface area contributed by atoms with Crippen molar-refractivity contribution in [3.63, 3.8) is 0 Å². The number of hydrogen-bond acceptors (Lipinski definition) is 7. The molecule has 3 aliphatic rings. The molecule has 6 rings (SSSR count). The van der Waals surface area contributed by atoms with E-state index in [0.29, 0.717) is 28.6 Å². The van der Waals surface area contributed by atoms with Crippen LogP contribution in [-0.2, 0) is 27.4 Å². The highest BCUT2D eigenvalue weighted by Gasteiger charge is 2.41. The van der Waals surface area contributed by atoms with E-state index in [9.17, 15) is 23.6 Å². The molecule has 0 unspecified atom stereocenters. The van der Waals surface area contributed by atoms with Gasteiger partial charge in [-0.2, -0.15) is 0 Å². The van der Waals surface area contributed by atoms with Crippen LogP contribution in [0.2, 0.25) is 0 Å². The molecule has 4 amide bonds. The van der Waals surface area contributed by atoms with Crippen molar-refractivity contribution in [3.8, 4) is 0 Å². The maximum atomic E-state index is 15.3. The molecule has 0 bridgehead atoms. The number of fused-ring (bicyclic) bond motifs is 2. The molecule has 38 heavy (non-hydrogen) atoms. The minimum Gasteiger partial charge on any atom is -0.446 e. The van der Waals surface area contributed by atoms with Crippen molar-refractivity contribution in [2.45, 2.75) is 56.8 Å². The molecule has 9 nitrogen and oxygen atoms in total. The second-order valence-electron chi connectivity index (χ2n) is 9.69. The quantitative estimate of drug-likeness (QED) is 0.479. The largest absolute Gasteiger partial charge is 0.446 e. The first-order valence-corrected chi connectivity index (χ1v) is 13.1. The fraction of sp³-hybridized carbons (Fsp3) is 0.346. The third-order valence-electron chi connectivity index (χ3n) is 7.41. The van der Waals surface area contributed by atoms with Gasteiger partial charge >= 0.3 is 6.09 Å². The minimum atomic E-state index is -0.837. The highest BCUT2D eigenvalue weighted by atomic mass is 32.1. The van der Waals surface area contributed by atoms with Crippen molar-refractivity contribution in [1.82, 2.24) is 20.5 Å². The average Bonchev–Trinajstić information content (AvgIpc) is 3.48. The first-order valence-electron chi connectivity index (χ1n) is 12.2. The number of aromatic nitrogens is 1. The standard InChI is InChI=1S/C26H22F2N4O5S/c27-17-4-3-16(22-23(17)38-11-30-22)14-7-15(8-14)37-26(36)29-9-12-1-2-13-10-32(25(35)20(13)21(12)28)18-5-6-19(33)31-24(18)34/h1-4,11,14-15,18H,5-10H2,(H,29,36)(H,31,33,34)/t14?,15?,18-/m1/s1. The van der Waals surface area contributed by atoms with Crippen molar-refractivity contribution in [2.24, 2.45) is 0 Å². The molecule has 0 spiro atoms. The smallest absolute Gasteiger partial charge is 0.407 e. The lowest BCUT2D eigenvalue weighted by Gasteiger charge is -2.35. The number of thiazole rings is 1. The second-order valence-corrected chi connectivity index (χ2v) is 10.5. The first kappa shape index (κ1) is 24.4. The van der Waals surface area contributed by atoms with E-state index in [2.05, 4.69) is 15.6 Å². The minimum absolute atomic E-state index is 0.0667. The molecule has 2 N–H and O–H groups in total. The molecular formula is C26H22F2N4O5S. The number of benzene rings is 2. The van der Waals surface area contributed by atoms with E-state index in [-0.39, 0.29) is 54.9 Å². The first-order chi connectivity index (χ1) is 18.3. The zero-order valence-electron chi connectivity index (χ0n) is 20.0. The zero-order chi connectivity index (χ0) is 26.6.